The average molecular weight is 567 g/mol. The number of ether oxygens (including phenoxy) is 1. The SMILES string of the molecule is CS(=O)(=O)NCC1CSC2=C1S(=O)(=O)N=C(C1=C(O)C3C4CCC(O4)C3N(Cc3ccccc3)C1=O)N2. The third-order valence-corrected chi connectivity index (χ3v) is 10.9. The fourth-order valence-corrected chi connectivity index (χ4v) is 9.46. The van der Waals surface area contributed by atoms with Crippen LogP contribution in [0.5, 0.6) is 0 Å². The van der Waals surface area contributed by atoms with Crippen molar-refractivity contribution >= 4 is 43.6 Å². The molecule has 1 amide bonds. The van der Waals surface area contributed by atoms with Gasteiger partial charge in [0.1, 0.15) is 16.2 Å². The molecule has 198 valence electrons. The molecule has 5 unspecified atom stereocenters. The van der Waals surface area contributed by atoms with E-state index in [1.54, 1.807) is 4.90 Å². The Labute approximate surface area is 219 Å². The summed E-state index contributed by atoms with van der Waals surface area (Å²) in [5.41, 5.74) is 0.739. The maximum Gasteiger partial charge on any atom is 0.283 e. The van der Waals surface area contributed by atoms with E-state index < -0.39 is 37.8 Å². The summed E-state index contributed by atoms with van der Waals surface area (Å²) in [6.45, 7) is 0.199. The fourth-order valence-electron chi connectivity index (χ4n) is 5.88. The molecule has 14 heteroatoms. The molecule has 37 heavy (non-hydrogen) atoms. The van der Waals surface area contributed by atoms with Crippen LogP contribution in [0.2, 0.25) is 0 Å². The Bertz CT molecular complexity index is 1470. The first-order chi connectivity index (χ1) is 17.5. The van der Waals surface area contributed by atoms with Crippen molar-refractivity contribution in [3.63, 3.8) is 0 Å². The van der Waals surface area contributed by atoms with Gasteiger partial charge in [0.15, 0.2) is 5.84 Å². The Kier molecular flexibility index (Phi) is 5.95. The number of hydrogen-bond donors (Lipinski definition) is 3. The molecule has 1 aromatic rings. The van der Waals surface area contributed by atoms with Gasteiger partial charge in [-0.1, -0.05) is 30.3 Å². The highest BCUT2D eigenvalue weighted by atomic mass is 32.2. The number of fused-ring (bicyclic) bond motifs is 5. The Morgan fingerprint density at radius 1 is 1.24 bits per heavy atom. The third kappa shape index (κ3) is 4.28. The molecule has 1 aromatic carbocycles. The number of benzene rings is 1. The normalized spacial score (nSPS) is 32.4. The average Bonchev–Trinajstić information content (AvgIpc) is 3.55. The number of amidine groups is 1. The van der Waals surface area contributed by atoms with Crippen LogP contribution in [0.25, 0.3) is 0 Å². The molecule has 2 bridgehead atoms. The van der Waals surface area contributed by atoms with Gasteiger partial charge in [0.05, 0.1) is 35.5 Å². The van der Waals surface area contributed by atoms with Crippen molar-refractivity contribution in [2.75, 3.05) is 18.6 Å². The topological polar surface area (TPSA) is 154 Å². The lowest BCUT2D eigenvalue weighted by Gasteiger charge is -2.42. The monoisotopic (exact) mass is 566 g/mol. The van der Waals surface area contributed by atoms with Gasteiger partial charge in [-0.25, -0.2) is 13.1 Å². The Morgan fingerprint density at radius 3 is 2.70 bits per heavy atom. The minimum atomic E-state index is -4.23. The van der Waals surface area contributed by atoms with Crippen LogP contribution in [0.3, 0.4) is 0 Å². The van der Waals surface area contributed by atoms with Gasteiger partial charge >= 0.3 is 0 Å². The summed E-state index contributed by atoms with van der Waals surface area (Å²) >= 11 is 1.21. The first-order valence-electron chi connectivity index (χ1n) is 11.9. The minimum absolute atomic E-state index is 0.0111. The molecule has 0 saturated carbocycles. The molecule has 2 saturated heterocycles. The molecule has 11 nitrogen and oxygen atoms in total. The molecule has 0 aromatic heterocycles. The van der Waals surface area contributed by atoms with Crippen LogP contribution >= 0.6 is 11.8 Å². The summed E-state index contributed by atoms with van der Waals surface area (Å²) in [5.74, 6) is -1.69. The summed E-state index contributed by atoms with van der Waals surface area (Å²) in [5, 5.41) is 14.6. The molecule has 3 N–H and O–H groups in total. The highest BCUT2D eigenvalue weighted by Gasteiger charge is 2.58. The maximum absolute atomic E-state index is 13.9. The lowest BCUT2D eigenvalue weighted by atomic mass is 9.78. The molecule has 0 radical (unpaired) electrons. The van der Waals surface area contributed by atoms with Gasteiger partial charge in [0, 0.05) is 24.8 Å². The Morgan fingerprint density at radius 2 is 1.97 bits per heavy atom. The third-order valence-electron chi connectivity index (χ3n) is 7.41. The number of amides is 1. The van der Waals surface area contributed by atoms with Crippen molar-refractivity contribution in [3.05, 3.63) is 57.2 Å². The van der Waals surface area contributed by atoms with E-state index in [4.69, 9.17) is 4.74 Å². The fraction of sp³-hybridized carbons (Fsp3) is 0.478. The van der Waals surface area contributed by atoms with Crippen molar-refractivity contribution in [1.82, 2.24) is 14.9 Å². The lowest BCUT2D eigenvalue weighted by Crippen LogP contribution is -2.56. The molecule has 6 rings (SSSR count). The molecule has 0 spiro atoms. The van der Waals surface area contributed by atoms with Crippen LogP contribution in [-0.4, -0.2) is 75.4 Å². The number of rotatable bonds is 6. The second kappa shape index (κ2) is 8.83. The largest absolute Gasteiger partial charge is 0.511 e. The van der Waals surface area contributed by atoms with E-state index >= 15 is 0 Å². The zero-order chi connectivity index (χ0) is 26.1. The van der Waals surface area contributed by atoms with Gasteiger partial charge in [-0.2, -0.15) is 8.42 Å². The molecular formula is C23H26N4O7S3. The summed E-state index contributed by atoms with van der Waals surface area (Å²) in [4.78, 5) is 15.5. The van der Waals surface area contributed by atoms with Crippen molar-refractivity contribution in [2.45, 2.75) is 37.6 Å². The number of carbonyl (C=O) groups excluding carboxylic acids is 1. The van der Waals surface area contributed by atoms with Crippen LogP contribution in [0.4, 0.5) is 0 Å². The number of hydrogen-bond acceptors (Lipinski definition) is 9. The van der Waals surface area contributed by atoms with Crippen LogP contribution < -0.4 is 10.0 Å². The summed E-state index contributed by atoms with van der Waals surface area (Å²) in [6, 6.07) is 9.12. The van der Waals surface area contributed by atoms with Crippen molar-refractivity contribution in [1.29, 1.82) is 0 Å². The smallest absolute Gasteiger partial charge is 0.283 e. The number of carbonyl (C=O) groups is 1. The van der Waals surface area contributed by atoms with E-state index in [1.165, 1.54) is 11.8 Å². The van der Waals surface area contributed by atoms with Crippen molar-refractivity contribution in [2.24, 2.45) is 16.2 Å². The van der Waals surface area contributed by atoms with Gasteiger partial charge in [-0.05, 0) is 18.4 Å². The standard InChI is InChI=1S/C23H26N4O7S3/c1-36(30,31)24-9-13-11-35-22-20(13)37(32,33)26-21(25-22)17-19(28)16-14-7-8-15(34-14)18(16)27(23(17)29)10-12-5-3-2-4-6-12/h2-6,13-16,18,24,28H,7-11H2,1H3,(H,25,26). The molecule has 5 heterocycles. The maximum atomic E-state index is 13.9. The molecule has 5 aliphatic rings. The van der Waals surface area contributed by atoms with E-state index in [1.807, 2.05) is 30.3 Å². The number of aliphatic hydroxyl groups is 1. The second-order valence-electron chi connectivity index (χ2n) is 9.85. The van der Waals surface area contributed by atoms with Gasteiger partial charge in [0.2, 0.25) is 10.0 Å². The van der Waals surface area contributed by atoms with Gasteiger partial charge < -0.3 is 20.1 Å². The molecule has 2 fully saturated rings. The summed E-state index contributed by atoms with van der Waals surface area (Å²) in [7, 11) is -7.74. The summed E-state index contributed by atoms with van der Waals surface area (Å²) < 4.78 is 61.9. The van der Waals surface area contributed by atoms with Gasteiger partial charge in [0.25, 0.3) is 15.9 Å². The van der Waals surface area contributed by atoms with Crippen LogP contribution in [0.15, 0.2) is 56.0 Å². The second-order valence-corrected chi connectivity index (χ2v) is 14.3. The number of aliphatic hydroxyl groups excluding tert-OH is 1. The predicted molar refractivity (Wildman–Crippen MR) is 137 cm³/mol. The predicted octanol–water partition coefficient (Wildman–Crippen LogP) is 0.800. The Hall–Kier alpha value is -2.39. The van der Waals surface area contributed by atoms with Crippen molar-refractivity contribution < 1.29 is 31.5 Å². The highest BCUT2D eigenvalue weighted by Crippen LogP contribution is 2.49. The molecular weight excluding hydrogens is 540 g/mol. The van der Waals surface area contributed by atoms with E-state index in [0.717, 1.165) is 24.7 Å². The first-order valence-corrected chi connectivity index (χ1v) is 16.2. The molecule has 5 aliphatic heterocycles. The van der Waals surface area contributed by atoms with Gasteiger partial charge in [-0.15, -0.1) is 16.2 Å². The number of nitrogens with zero attached hydrogens (tertiary/aromatic N) is 2. The van der Waals surface area contributed by atoms with Crippen LogP contribution in [0, 0.1) is 11.8 Å². The van der Waals surface area contributed by atoms with Crippen LogP contribution in [0.1, 0.15) is 18.4 Å². The lowest BCUT2D eigenvalue weighted by molar-refractivity contribution is -0.133. The van der Waals surface area contributed by atoms with E-state index in [0.29, 0.717) is 10.8 Å². The number of sulfonamides is 2. The zero-order valence-corrected chi connectivity index (χ0v) is 22.3. The summed E-state index contributed by atoms with van der Waals surface area (Å²) in [6.07, 6.45) is 2.08. The van der Waals surface area contributed by atoms with E-state index in [9.17, 15) is 26.7 Å². The Balaban J connectivity index is 1.36. The van der Waals surface area contributed by atoms with Crippen molar-refractivity contribution in [3.8, 4) is 0 Å². The number of thioether (sulfide) groups is 1. The number of nitrogens with one attached hydrogen (secondary N) is 2. The van der Waals surface area contributed by atoms with Gasteiger partial charge in [-0.3, -0.25) is 4.79 Å². The molecule has 5 atom stereocenters. The zero-order valence-electron chi connectivity index (χ0n) is 19.8. The first kappa shape index (κ1) is 24.9. The quantitative estimate of drug-likeness (QED) is 0.454. The van der Waals surface area contributed by atoms with Crippen LogP contribution in [-0.2, 0) is 36.1 Å². The van der Waals surface area contributed by atoms with E-state index in [2.05, 4.69) is 14.4 Å². The minimum Gasteiger partial charge on any atom is -0.511 e. The molecule has 0 aliphatic carbocycles. The highest BCUT2D eigenvalue weighted by molar-refractivity contribution is 8.05. The van der Waals surface area contributed by atoms with E-state index in [-0.39, 0.29) is 53.4 Å².